The van der Waals surface area contributed by atoms with Crippen LogP contribution < -0.4 is 19.7 Å². The highest BCUT2D eigenvalue weighted by molar-refractivity contribution is 6.09. The lowest BCUT2D eigenvalue weighted by Crippen LogP contribution is -2.60. The van der Waals surface area contributed by atoms with Crippen LogP contribution in [0.15, 0.2) is 72.8 Å². The SMILES string of the molecule is C/C=C\c1cc(C(OCc2ccccc2)(C(F)(F)F)C(F)(F)F)ccc1N1C[C@H](C)N(C(=O)CN2C(=O)N[C@](C)(c3ccc4c(c3)OCCO4)C2=O)CC1C. The molecule has 6 rings (SSSR count). The fourth-order valence-electron chi connectivity index (χ4n) is 7.28. The molecule has 3 aromatic carbocycles. The van der Waals surface area contributed by atoms with E-state index in [0.717, 1.165) is 17.0 Å². The summed E-state index contributed by atoms with van der Waals surface area (Å²) >= 11 is 0. The highest BCUT2D eigenvalue weighted by Gasteiger charge is 2.73. The molecular weight excluding hydrogens is 734 g/mol. The maximum atomic E-state index is 14.7. The number of benzene rings is 3. The van der Waals surface area contributed by atoms with Crippen LogP contribution in [-0.2, 0) is 32.1 Å². The molecule has 3 aromatic rings. The second-order valence-corrected chi connectivity index (χ2v) is 13.9. The van der Waals surface area contributed by atoms with E-state index >= 15 is 0 Å². The molecule has 55 heavy (non-hydrogen) atoms. The number of anilines is 1. The number of ether oxygens (including phenoxy) is 3. The van der Waals surface area contributed by atoms with Gasteiger partial charge >= 0.3 is 18.4 Å². The minimum atomic E-state index is -5.88. The van der Waals surface area contributed by atoms with Crippen LogP contribution in [0.3, 0.4) is 0 Å². The van der Waals surface area contributed by atoms with Gasteiger partial charge in [0, 0.05) is 36.4 Å². The number of hydrogen-bond donors (Lipinski definition) is 1. The molecular formula is C39H40F6N4O6. The highest BCUT2D eigenvalue weighted by Crippen LogP contribution is 2.54. The molecule has 1 unspecified atom stereocenters. The number of alkyl halides is 6. The van der Waals surface area contributed by atoms with Crippen LogP contribution in [0.1, 0.15) is 49.9 Å². The normalized spacial score (nSPS) is 22.0. The lowest BCUT2D eigenvalue weighted by Gasteiger charge is -2.46. The Morgan fingerprint density at radius 1 is 0.909 bits per heavy atom. The summed E-state index contributed by atoms with van der Waals surface area (Å²) in [4.78, 5) is 44.6. The van der Waals surface area contributed by atoms with Crippen LogP contribution in [-0.4, -0.2) is 84.9 Å². The Bertz CT molecular complexity index is 1960. The van der Waals surface area contributed by atoms with Crippen LogP contribution >= 0.6 is 0 Å². The van der Waals surface area contributed by atoms with Crippen molar-refractivity contribution in [3.8, 4) is 11.5 Å². The number of nitrogens with zero attached hydrogens (tertiary/aromatic N) is 3. The van der Waals surface area contributed by atoms with Crippen molar-refractivity contribution in [1.82, 2.24) is 15.1 Å². The number of fused-ring (bicyclic) bond motifs is 1. The van der Waals surface area contributed by atoms with Gasteiger partial charge in [0.1, 0.15) is 25.3 Å². The zero-order chi connectivity index (χ0) is 39.9. The molecule has 0 aliphatic carbocycles. The second kappa shape index (κ2) is 14.8. The highest BCUT2D eigenvalue weighted by atomic mass is 19.4. The van der Waals surface area contributed by atoms with E-state index in [4.69, 9.17) is 14.2 Å². The average Bonchev–Trinajstić information content (AvgIpc) is 3.35. The summed E-state index contributed by atoms with van der Waals surface area (Å²) < 4.78 is 104. The summed E-state index contributed by atoms with van der Waals surface area (Å²) in [5.41, 5.74) is -6.25. The molecule has 0 saturated carbocycles. The Labute approximate surface area is 313 Å². The van der Waals surface area contributed by atoms with Crippen LogP contribution in [0.25, 0.3) is 6.08 Å². The maximum Gasteiger partial charge on any atom is 0.430 e. The number of rotatable bonds is 9. The van der Waals surface area contributed by atoms with Crippen molar-refractivity contribution in [2.45, 2.75) is 69.9 Å². The van der Waals surface area contributed by atoms with E-state index in [1.54, 1.807) is 49.9 Å². The number of imide groups is 1. The van der Waals surface area contributed by atoms with Crippen LogP contribution in [0.4, 0.5) is 36.8 Å². The minimum absolute atomic E-state index is 0.0787. The summed E-state index contributed by atoms with van der Waals surface area (Å²) in [7, 11) is 0. The number of nitrogens with one attached hydrogen (secondary N) is 1. The Kier molecular flexibility index (Phi) is 10.6. The first kappa shape index (κ1) is 39.4. The van der Waals surface area contributed by atoms with Gasteiger partial charge < -0.3 is 29.3 Å². The quantitative estimate of drug-likeness (QED) is 0.186. The predicted octanol–water partition coefficient (Wildman–Crippen LogP) is 6.92. The molecule has 2 fully saturated rings. The maximum absolute atomic E-state index is 14.7. The van der Waals surface area contributed by atoms with Crippen molar-refractivity contribution >= 4 is 29.6 Å². The van der Waals surface area contributed by atoms with E-state index < -0.39 is 72.1 Å². The van der Waals surface area contributed by atoms with Gasteiger partial charge in [0.25, 0.3) is 11.5 Å². The molecule has 1 N–H and O–H groups in total. The van der Waals surface area contributed by atoms with Crippen LogP contribution in [0, 0.1) is 0 Å². The van der Waals surface area contributed by atoms with E-state index in [1.165, 1.54) is 54.3 Å². The first-order valence-corrected chi connectivity index (χ1v) is 17.6. The molecule has 4 amide bonds. The Balaban J connectivity index is 1.22. The monoisotopic (exact) mass is 774 g/mol. The topological polar surface area (TPSA) is 101 Å². The fraction of sp³-hybridized carbons (Fsp3) is 0.410. The van der Waals surface area contributed by atoms with Gasteiger partial charge in [-0.3, -0.25) is 14.5 Å². The Morgan fingerprint density at radius 3 is 2.24 bits per heavy atom. The third-order valence-corrected chi connectivity index (χ3v) is 10.2. The van der Waals surface area contributed by atoms with E-state index in [2.05, 4.69) is 5.32 Å². The first-order valence-electron chi connectivity index (χ1n) is 17.6. The number of carbonyl (C=O) groups is 3. The largest absolute Gasteiger partial charge is 0.486 e. The minimum Gasteiger partial charge on any atom is -0.486 e. The van der Waals surface area contributed by atoms with Gasteiger partial charge in [-0.05, 0) is 68.7 Å². The lowest BCUT2D eigenvalue weighted by molar-refractivity contribution is -0.392. The third kappa shape index (κ3) is 7.19. The van der Waals surface area contributed by atoms with Gasteiger partial charge in [0.15, 0.2) is 11.5 Å². The molecule has 2 saturated heterocycles. The second-order valence-electron chi connectivity index (χ2n) is 13.9. The predicted molar refractivity (Wildman–Crippen MR) is 189 cm³/mol. The van der Waals surface area contributed by atoms with Crippen LogP contribution in [0.5, 0.6) is 11.5 Å². The molecule has 0 aromatic heterocycles. The molecule has 294 valence electrons. The molecule has 3 aliphatic rings. The van der Waals surface area contributed by atoms with Gasteiger partial charge in [0.2, 0.25) is 5.91 Å². The van der Waals surface area contributed by atoms with Gasteiger partial charge in [-0.25, -0.2) is 4.79 Å². The molecule has 10 nitrogen and oxygen atoms in total. The van der Waals surface area contributed by atoms with E-state index in [0.29, 0.717) is 36.0 Å². The number of allylic oxidation sites excluding steroid dienone is 1. The number of urea groups is 1. The third-order valence-electron chi connectivity index (χ3n) is 10.2. The zero-order valence-electron chi connectivity index (χ0n) is 30.5. The van der Waals surface area contributed by atoms with Crippen molar-refractivity contribution in [2.24, 2.45) is 0 Å². The summed E-state index contributed by atoms with van der Waals surface area (Å²) in [6.45, 7) is 6.00. The molecule has 16 heteroatoms. The zero-order valence-corrected chi connectivity index (χ0v) is 30.5. The molecule has 3 aliphatic heterocycles. The number of halogens is 6. The van der Waals surface area contributed by atoms with E-state index in [-0.39, 0.29) is 24.2 Å². The first-order chi connectivity index (χ1) is 25.9. The van der Waals surface area contributed by atoms with Crippen molar-refractivity contribution in [3.05, 3.63) is 95.1 Å². The lowest BCUT2D eigenvalue weighted by atomic mass is 9.89. The summed E-state index contributed by atoms with van der Waals surface area (Å²) in [6.07, 6.45) is -8.84. The summed E-state index contributed by atoms with van der Waals surface area (Å²) in [5.74, 6) is -0.235. The fourth-order valence-corrected chi connectivity index (χ4v) is 7.28. The molecule has 0 radical (unpaired) electrons. The van der Waals surface area contributed by atoms with Crippen molar-refractivity contribution in [3.63, 3.8) is 0 Å². The summed E-state index contributed by atoms with van der Waals surface area (Å²) in [6, 6.07) is 13.2. The van der Waals surface area contributed by atoms with Crippen molar-refractivity contribution < 1.29 is 54.9 Å². The standard InChI is InChI=1S/C39H40F6N4O6/c1-5-9-27-18-29(37(38(40,41)42,39(43,44)45)55-23-26-10-7-6-8-11-26)12-14-30(27)47-20-25(3)48(21-24(47)2)33(50)22-49-34(51)36(4,46-35(49)52)28-13-15-31-32(19-28)54-17-16-53-31/h5-15,18-19,24-25H,16-17,20-23H2,1-4H3,(H,46,52)/b9-5-/t24?,25-,36+/m0/s1. The molecule has 3 heterocycles. The number of carbonyl (C=O) groups excluding carboxylic acids is 3. The van der Waals surface area contributed by atoms with E-state index in [1.807, 2.05) is 0 Å². The Hall–Kier alpha value is -5.25. The van der Waals surface area contributed by atoms with Crippen LogP contribution in [0.2, 0.25) is 0 Å². The van der Waals surface area contributed by atoms with E-state index in [9.17, 15) is 40.7 Å². The molecule has 0 spiro atoms. The molecule has 0 bridgehead atoms. The van der Waals surface area contributed by atoms with Crippen molar-refractivity contribution in [1.29, 1.82) is 0 Å². The smallest absolute Gasteiger partial charge is 0.430 e. The van der Waals surface area contributed by atoms with Gasteiger partial charge in [0.05, 0.1) is 6.61 Å². The number of hydrogen-bond acceptors (Lipinski definition) is 7. The number of amides is 4. The van der Waals surface area contributed by atoms with Gasteiger partial charge in [-0.15, -0.1) is 0 Å². The van der Waals surface area contributed by atoms with Gasteiger partial charge in [-0.2, -0.15) is 26.3 Å². The van der Waals surface area contributed by atoms with Crippen molar-refractivity contribution in [2.75, 3.05) is 37.7 Å². The summed E-state index contributed by atoms with van der Waals surface area (Å²) in [5, 5.41) is 2.68. The average molecular weight is 775 g/mol. The number of piperazine rings is 1. The Morgan fingerprint density at radius 2 is 1.58 bits per heavy atom. The van der Waals surface area contributed by atoms with Gasteiger partial charge in [-0.1, -0.05) is 54.6 Å². The molecule has 3 atom stereocenters.